The van der Waals surface area contributed by atoms with Gasteiger partial charge in [0.25, 0.3) is 17.7 Å². The minimum Gasteiger partial charge on any atom is -1.00 e. The van der Waals surface area contributed by atoms with Crippen molar-refractivity contribution in [2.24, 2.45) is 19.8 Å². The lowest BCUT2D eigenvalue weighted by molar-refractivity contribution is -0.117. The largest absolute Gasteiger partial charge is 1.00 e. The van der Waals surface area contributed by atoms with Gasteiger partial charge >= 0.3 is 0 Å². The molecule has 0 unspecified atom stereocenters. The number of amidine groups is 1. The second-order valence-electron chi connectivity index (χ2n) is 8.10. The maximum absolute atomic E-state index is 12.9. The molecule has 8 N–H and O–H groups in total. The van der Waals surface area contributed by atoms with Crippen LogP contribution in [0.4, 0.5) is 17.1 Å². The zero-order valence-electron chi connectivity index (χ0n) is 20.7. The molecule has 0 aromatic carbocycles. The molecule has 0 aliphatic heterocycles. The topological polar surface area (TPSA) is 183 Å². The number of nitrogens with two attached hydrogens (primary N) is 2. The van der Waals surface area contributed by atoms with Gasteiger partial charge in [0, 0.05) is 45.8 Å². The number of hydrogen-bond acceptors (Lipinski definition) is 4. The lowest BCUT2D eigenvalue weighted by Crippen LogP contribution is -3.00. The minimum atomic E-state index is -0.417. The number of nitrogens with zero attached hydrogens (tertiary/aromatic N) is 3. The van der Waals surface area contributed by atoms with Crippen molar-refractivity contribution in [2.45, 2.75) is 19.9 Å². The molecule has 13 nitrogen and oxygen atoms in total. The predicted molar refractivity (Wildman–Crippen MR) is 135 cm³/mol. The second-order valence-corrected chi connectivity index (χ2v) is 8.10. The third-order valence-electron chi connectivity index (χ3n) is 5.39. The normalized spacial score (nSPS) is 10.2. The summed E-state index contributed by atoms with van der Waals surface area (Å²) in [6, 6.07) is 4.66. The molecule has 198 valence electrons. The number of amides is 4. The summed E-state index contributed by atoms with van der Waals surface area (Å²) in [4.78, 5) is 48.7. The van der Waals surface area contributed by atoms with E-state index in [9.17, 15) is 19.2 Å². The highest BCUT2D eigenvalue weighted by molar-refractivity contribution is 6.07. The van der Waals surface area contributed by atoms with Gasteiger partial charge in [0.2, 0.25) is 12.2 Å². The Bertz CT molecular complexity index is 1320. The van der Waals surface area contributed by atoms with Crippen molar-refractivity contribution in [2.75, 3.05) is 22.5 Å². The molecule has 0 aliphatic rings. The molecule has 0 fully saturated rings. The molecule has 37 heavy (non-hydrogen) atoms. The van der Waals surface area contributed by atoms with Crippen molar-refractivity contribution in [3.8, 4) is 0 Å². The molecule has 3 aromatic heterocycles. The molecule has 0 aliphatic carbocycles. The fourth-order valence-electron chi connectivity index (χ4n) is 3.63. The average Bonchev–Trinajstić information content (AvgIpc) is 3.50. The molecular weight excluding hydrogens is 546 g/mol. The molecule has 3 aromatic rings. The Hall–Kier alpha value is -4.33. The van der Waals surface area contributed by atoms with Gasteiger partial charge in [-0.3, -0.25) is 30.3 Å². The fourth-order valence-corrected chi connectivity index (χ4v) is 3.63. The maximum Gasteiger partial charge on any atom is 0.272 e. The lowest BCUT2D eigenvalue weighted by Gasteiger charge is -2.06. The molecule has 14 heteroatoms. The first-order chi connectivity index (χ1) is 17.1. The molecule has 0 spiro atoms. The number of nitrogens with one attached hydrogen (secondary N) is 4. The molecule has 0 bridgehead atoms. The lowest BCUT2D eigenvalue weighted by atomic mass is 10.3. The van der Waals surface area contributed by atoms with E-state index >= 15 is 0 Å². The van der Waals surface area contributed by atoms with Crippen LogP contribution in [-0.4, -0.2) is 50.2 Å². The van der Waals surface area contributed by atoms with Gasteiger partial charge in [-0.2, -0.15) is 0 Å². The number of carbonyl (C=O) groups excluding carboxylic acids is 4. The highest BCUT2D eigenvalue weighted by Crippen LogP contribution is 2.20. The number of aromatic nitrogens is 3. The van der Waals surface area contributed by atoms with Crippen molar-refractivity contribution in [3.05, 3.63) is 53.9 Å². The molecule has 4 amide bonds. The molecule has 3 heterocycles. The number of aryl methyl sites for hydroxylation is 3. The molecule has 0 atom stereocenters. The Kier molecular flexibility index (Phi) is 9.82. The van der Waals surface area contributed by atoms with Gasteiger partial charge in [-0.1, -0.05) is 0 Å². The first-order valence-electron chi connectivity index (χ1n) is 11.1. The number of anilines is 3. The van der Waals surface area contributed by atoms with Crippen LogP contribution in [0.1, 0.15) is 44.8 Å². The van der Waals surface area contributed by atoms with E-state index in [1.54, 1.807) is 58.5 Å². The van der Waals surface area contributed by atoms with Crippen LogP contribution in [0.3, 0.4) is 0 Å². The van der Waals surface area contributed by atoms with E-state index in [0.29, 0.717) is 60.1 Å². The van der Waals surface area contributed by atoms with Crippen molar-refractivity contribution in [3.63, 3.8) is 0 Å². The number of halogens is 1. The number of rotatable bonds is 11. The van der Waals surface area contributed by atoms with Crippen LogP contribution >= 0.6 is 0 Å². The highest BCUT2D eigenvalue weighted by Gasteiger charge is 2.19. The summed E-state index contributed by atoms with van der Waals surface area (Å²) in [6.07, 6.45) is 5.77. The van der Waals surface area contributed by atoms with Gasteiger partial charge in [-0.25, -0.2) is 0 Å². The van der Waals surface area contributed by atoms with E-state index in [0.717, 1.165) is 0 Å². The van der Waals surface area contributed by atoms with Crippen LogP contribution in [0, 0.1) is 0 Å². The molecule has 0 saturated heterocycles. The summed E-state index contributed by atoms with van der Waals surface area (Å²) in [6.45, 7) is 2.70. The summed E-state index contributed by atoms with van der Waals surface area (Å²) in [5.41, 5.74) is 7.78. The number of hydrogen-bond donors (Lipinski definition) is 6. The number of carbonyl (C=O) groups is 4. The SMILES string of the molecule is CCn1cc(NC(=O)c2cc(NC(=O)c3cc(NC=O)cn3C)cn2C)cc1C(=O)NCCC(N)=[NH2+].[Br-]. The summed E-state index contributed by atoms with van der Waals surface area (Å²) in [5.74, 6) is -0.899. The van der Waals surface area contributed by atoms with E-state index < -0.39 is 11.8 Å². The molecule has 0 radical (unpaired) electrons. The zero-order valence-corrected chi connectivity index (χ0v) is 22.3. The average molecular weight is 576 g/mol. The van der Waals surface area contributed by atoms with Crippen molar-refractivity contribution >= 4 is 47.0 Å². The van der Waals surface area contributed by atoms with Crippen LogP contribution in [0.25, 0.3) is 0 Å². The molecule has 3 rings (SSSR count). The van der Waals surface area contributed by atoms with Crippen LogP contribution in [0.15, 0.2) is 36.8 Å². The van der Waals surface area contributed by atoms with Crippen molar-refractivity contribution in [1.82, 2.24) is 19.0 Å². The van der Waals surface area contributed by atoms with Gasteiger partial charge in [-0.15, -0.1) is 0 Å². The first-order valence-corrected chi connectivity index (χ1v) is 11.1. The van der Waals surface area contributed by atoms with Crippen molar-refractivity contribution < 1.29 is 41.6 Å². The predicted octanol–water partition coefficient (Wildman–Crippen LogP) is -3.50. The van der Waals surface area contributed by atoms with Crippen LogP contribution in [0.2, 0.25) is 0 Å². The Morgan fingerprint density at radius 2 is 1.41 bits per heavy atom. The minimum absolute atomic E-state index is 0. The van der Waals surface area contributed by atoms with Gasteiger partial charge in [0.05, 0.1) is 23.5 Å². The van der Waals surface area contributed by atoms with Gasteiger partial charge in [-0.05, 0) is 25.1 Å². The summed E-state index contributed by atoms with van der Waals surface area (Å²) >= 11 is 0. The standard InChI is InChI=1S/C23H29N9O4.BrH/c1-4-32-12-16(9-19(32)21(34)26-6-5-20(24)25)29-23(36)18-8-15(11-31(18)3)28-22(35)17-7-14(27-13-33)10-30(17)2;/h7-13H,4-6H2,1-3H3,(H3,24,25)(H,26,34)(H,27,33)(H,28,35)(H,29,36);1H. The third kappa shape index (κ3) is 7.10. The Balaban J connectivity index is 0.00000481. The third-order valence-corrected chi connectivity index (χ3v) is 5.39. The van der Waals surface area contributed by atoms with Crippen LogP contribution < -0.4 is 49.4 Å². The quantitative estimate of drug-likeness (QED) is 0.0786. The van der Waals surface area contributed by atoms with E-state index in [4.69, 9.17) is 11.1 Å². The summed E-state index contributed by atoms with van der Waals surface area (Å²) in [5, 5.41) is 16.2. The van der Waals surface area contributed by atoms with E-state index in [-0.39, 0.29) is 28.7 Å². The van der Waals surface area contributed by atoms with Gasteiger partial charge in [0.15, 0.2) is 0 Å². The van der Waals surface area contributed by atoms with Crippen LogP contribution in [0.5, 0.6) is 0 Å². The van der Waals surface area contributed by atoms with Gasteiger partial charge in [0.1, 0.15) is 17.1 Å². The second kappa shape index (κ2) is 12.6. The Labute approximate surface area is 223 Å². The molecule has 0 saturated carbocycles. The van der Waals surface area contributed by atoms with E-state index in [1.165, 1.54) is 6.07 Å². The van der Waals surface area contributed by atoms with Gasteiger partial charge < -0.3 is 51.9 Å². The van der Waals surface area contributed by atoms with Crippen LogP contribution in [-0.2, 0) is 25.4 Å². The smallest absolute Gasteiger partial charge is 0.272 e. The Morgan fingerprint density at radius 3 is 1.95 bits per heavy atom. The summed E-state index contributed by atoms with van der Waals surface area (Å²) < 4.78 is 4.87. The maximum atomic E-state index is 12.9. The fraction of sp³-hybridized carbons (Fsp3) is 0.261. The zero-order chi connectivity index (χ0) is 26.4. The Morgan fingerprint density at radius 1 is 0.892 bits per heavy atom. The highest BCUT2D eigenvalue weighted by atomic mass is 79.9. The monoisotopic (exact) mass is 575 g/mol. The van der Waals surface area contributed by atoms with E-state index in [1.807, 2.05) is 6.92 Å². The molecular formula is C23H30BrN9O4. The first kappa shape index (κ1) is 28.9. The van der Waals surface area contributed by atoms with E-state index in [2.05, 4.69) is 21.3 Å². The van der Waals surface area contributed by atoms with Crippen molar-refractivity contribution in [1.29, 1.82) is 0 Å². The summed E-state index contributed by atoms with van der Waals surface area (Å²) in [7, 11) is 3.35.